The highest BCUT2D eigenvalue weighted by Crippen LogP contribution is 2.16. The number of hydrazine groups is 1. The van der Waals surface area contributed by atoms with E-state index in [0.29, 0.717) is 0 Å². The largest absolute Gasteiger partial charge is 0.443 e. The van der Waals surface area contributed by atoms with Crippen LogP contribution in [0.1, 0.15) is 26.3 Å². The molecule has 7 nitrogen and oxygen atoms in total. The van der Waals surface area contributed by atoms with Crippen molar-refractivity contribution in [2.45, 2.75) is 26.4 Å². The van der Waals surface area contributed by atoms with Crippen LogP contribution in [0.4, 0.5) is 14.9 Å². The predicted octanol–water partition coefficient (Wildman–Crippen LogP) is 2.44. The van der Waals surface area contributed by atoms with Gasteiger partial charge in [-0.2, -0.15) is 0 Å². The molecule has 0 bridgehead atoms. The van der Waals surface area contributed by atoms with Gasteiger partial charge in [0.15, 0.2) is 0 Å². The summed E-state index contributed by atoms with van der Waals surface area (Å²) in [5.74, 6) is -0.868. The van der Waals surface area contributed by atoms with Gasteiger partial charge in [0.1, 0.15) is 16.4 Å². The summed E-state index contributed by atoms with van der Waals surface area (Å²) in [7, 11) is 0. The van der Waals surface area contributed by atoms with Crippen molar-refractivity contribution in [1.29, 1.82) is 0 Å². The topological polar surface area (TPSA) is 93.5 Å². The molecule has 0 spiro atoms. The van der Waals surface area contributed by atoms with Gasteiger partial charge in [-0.1, -0.05) is 12.2 Å². The van der Waals surface area contributed by atoms with Gasteiger partial charge in [0.2, 0.25) is 0 Å². The van der Waals surface area contributed by atoms with Gasteiger partial charge in [0, 0.05) is 11.6 Å². The summed E-state index contributed by atoms with van der Waals surface area (Å²) in [4.78, 5) is 21.0. The highest BCUT2D eigenvalue weighted by molar-refractivity contribution is 7.80. The van der Waals surface area contributed by atoms with E-state index in [1.54, 1.807) is 20.8 Å². The Morgan fingerprint density at radius 2 is 2.00 bits per heavy atom. The quantitative estimate of drug-likeness (QED) is 0.494. The van der Waals surface area contributed by atoms with Gasteiger partial charge >= 0.3 is 6.09 Å². The summed E-state index contributed by atoms with van der Waals surface area (Å²) in [6, 6.07) is 3.01. The smallest absolute Gasteiger partial charge is 0.426 e. The number of nitro groups is 1. The van der Waals surface area contributed by atoms with E-state index in [9.17, 15) is 19.3 Å². The number of ether oxygens (including phenoxy) is 1. The number of rotatable bonds is 2. The van der Waals surface area contributed by atoms with E-state index in [0.717, 1.165) is 18.2 Å². The van der Waals surface area contributed by atoms with E-state index in [2.05, 4.69) is 10.9 Å². The third-order valence-corrected chi connectivity index (χ3v) is 2.41. The molecule has 0 aliphatic carbocycles. The molecule has 1 aromatic carbocycles. The molecule has 0 atom stereocenters. The standard InChI is InChI=1S/C12H14FN3O4S/c1-12(2,3)20-11(17)15-14-10(21)8-5-4-7(16(18)19)6-9(8)13/h4-6H,1-3H3,(H,14,21)(H,15,17). The molecule has 1 amide bonds. The number of nitrogens with zero attached hydrogens (tertiary/aromatic N) is 1. The third-order valence-electron chi connectivity index (χ3n) is 2.09. The summed E-state index contributed by atoms with van der Waals surface area (Å²) < 4.78 is 18.6. The molecule has 21 heavy (non-hydrogen) atoms. The minimum atomic E-state index is -0.868. The molecule has 2 N–H and O–H groups in total. The maximum Gasteiger partial charge on any atom is 0.426 e. The summed E-state index contributed by atoms with van der Waals surface area (Å²) in [5.41, 5.74) is 3.30. The first-order valence-electron chi connectivity index (χ1n) is 5.83. The molecule has 0 saturated carbocycles. The van der Waals surface area contributed by atoms with Gasteiger partial charge in [-0.15, -0.1) is 0 Å². The molecule has 114 valence electrons. The SMILES string of the molecule is CC(C)(C)OC(=O)NNC(=S)c1ccc([N+](=O)[O-])cc1F. The Labute approximate surface area is 125 Å². The lowest BCUT2D eigenvalue weighted by atomic mass is 10.2. The van der Waals surface area contributed by atoms with Gasteiger partial charge in [0.25, 0.3) is 5.69 Å². The second kappa shape index (κ2) is 6.44. The number of carbonyl (C=O) groups is 1. The van der Waals surface area contributed by atoms with E-state index < -0.39 is 22.4 Å². The van der Waals surface area contributed by atoms with Crippen LogP contribution in [-0.2, 0) is 4.74 Å². The van der Waals surface area contributed by atoms with E-state index >= 15 is 0 Å². The van der Waals surface area contributed by atoms with Gasteiger partial charge in [-0.3, -0.25) is 15.5 Å². The molecule has 1 aromatic rings. The van der Waals surface area contributed by atoms with Crippen molar-refractivity contribution in [1.82, 2.24) is 10.9 Å². The van der Waals surface area contributed by atoms with Crippen LogP contribution in [0.2, 0.25) is 0 Å². The van der Waals surface area contributed by atoms with E-state index in [1.807, 2.05) is 0 Å². The van der Waals surface area contributed by atoms with Crippen LogP contribution in [0.3, 0.4) is 0 Å². The Bertz CT molecular complexity index is 586. The minimum Gasteiger partial charge on any atom is -0.443 e. The Kier molecular flexibility index (Phi) is 5.14. The molecule has 0 aliphatic heterocycles. The Morgan fingerprint density at radius 3 is 2.48 bits per heavy atom. The molecule has 9 heteroatoms. The highest BCUT2D eigenvalue weighted by atomic mass is 32.1. The molecule has 0 heterocycles. The van der Waals surface area contributed by atoms with Crippen molar-refractivity contribution in [2.75, 3.05) is 0 Å². The van der Waals surface area contributed by atoms with Gasteiger partial charge in [-0.25, -0.2) is 14.6 Å². The first-order valence-corrected chi connectivity index (χ1v) is 6.24. The zero-order chi connectivity index (χ0) is 16.2. The second-order valence-corrected chi connectivity index (χ2v) is 5.41. The Balaban J connectivity index is 2.68. The van der Waals surface area contributed by atoms with Crippen molar-refractivity contribution in [3.05, 3.63) is 39.7 Å². The molecule has 0 unspecified atom stereocenters. The number of hydrogen-bond donors (Lipinski definition) is 2. The van der Waals surface area contributed by atoms with Crippen molar-refractivity contribution in [3.63, 3.8) is 0 Å². The van der Waals surface area contributed by atoms with Crippen LogP contribution < -0.4 is 10.9 Å². The minimum absolute atomic E-state index is 0.0772. The average molecular weight is 315 g/mol. The summed E-state index contributed by atoms with van der Waals surface area (Å²) in [5, 5.41) is 10.5. The number of carbonyl (C=O) groups excluding carboxylic acids is 1. The zero-order valence-electron chi connectivity index (χ0n) is 11.6. The fourth-order valence-electron chi connectivity index (χ4n) is 1.28. The first-order chi connectivity index (χ1) is 9.60. The number of hydrogen-bond acceptors (Lipinski definition) is 5. The van der Waals surface area contributed by atoms with Gasteiger partial charge in [-0.05, 0) is 26.8 Å². The van der Waals surface area contributed by atoms with Crippen molar-refractivity contribution >= 4 is 29.0 Å². The van der Waals surface area contributed by atoms with E-state index in [4.69, 9.17) is 17.0 Å². The lowest BCUT2D eigenvalue weighted by molar-refractivity contribution is -0.385. The van der Waals surface area contributed by atoms with Crippen molar-refractivity contribution < 1.29 is 18.8 Å². The van der Waals surface area contributed by atoms with Gasteiger partial charge < -0.3 is 4.74 Å². The molecule has 0 saturated heterocycles. The molecular formula is C12H14FN3O4S. The number of nitro benzene ring substituents is 1. The predicted molar refractivity (Wildman–Crippen MR) is 77.3 cm³/mol. The molecule has 0 aromatic heterocycles. The number of thiocarbonyl (C=S) groups is 1. The normalized spacial score (nSPS) is 10.7. The number of halogens is 1. The molecule has 1 rings (SSSR count). The zero-order valence-corrected chi connectivity index (χ0v) is 12.4. The fraction of sp³-hybridized carbons (Fsp3) is 0.333. The van der Waals surface area contributed by atoms with E-state index in [1.165, 1.54) is 0 Å². The summed E-state index contributed by atoms with van der Waals surface area (Å²) in [6.07, 6.45) is -0.785. The number of amides is 1. The summed E-state index contributed by atoms with van der Waals surface area (Å²) >= 11 is 4.89. The lowest BCUT2D eigenvalue weighted by Crippen LogP contribution is -2.44. The molecule has 0 radical (unpaired) electrons. The first kappa shape index (κ1) is 16.8. The monoisotopic (exact) mass is 315 g/mol. The fourth-order valence-corrected chi connectivity index (χ4v) is 1.50. The van der Waals surface area contributed by atoms with Crippen molar-refractivity contribution in [2.24, 2.45) is 0 Å². The van der Waals surface area contributed by atoms with Crippen LogP contribution >= 0.6 is 12.2 Å². The van der Waals surface area contributed by atoms with Crippen molar-refractivity contribution in [3.8, 4) is 0 Å². The third kappa shape index (κ3) is 5.30. The molecular weight excluding hydrogens is 301 g/mol. The van der Waals surface area contributed by atoms with Gasteiger partial charge in [0.05, 0.1) is 11.0 Å². The van der Waals surface area contributed by atoms with Crippen LogP contribution in [-0.4, -0.2) is 21.6 Å². The van der Waals surface area contributed by atoms with Crippen LogP contribution in [0.25, 0.3) is 0 Å². The highest BCUT2D eigenvalue weighted by Gasteiger charge is 2.17. The average Bonchev–Trinajstić information content (AvgIpc) is 2.33. The Hall–Kier alpha value is -2.29. The Morgan fingerprint density at radius 1 is 1.38 bits per heavy atom. The second-order valence-electron chi connectivity index (χ2n) is 5.00. The number of non-ortho nitro benzene ring substituents is 1. The number of nitrogens with one attached hydrogen (secondary N) is 2. The maximum atomic E-state index is 13.7. The molecule has 0 fully saturated rings. The lowest BCUT2D eigenvalue weighted by Gasteiger charge is -2.20. The van der Waals surface area contributed by atoms with Crippen LogP contribution in [0.15, 0.2) is 18.2 Å². The summed E-state index contributed by atoms with van der Waals surface area (Å²) in [6.45, 7) is 5.04. The van der Waals surface area contributed by atoms with Crippen LogP contribution in [0, 0.1) is 15.9 Å². The molecule has 0 aliphatic rings. The number of benzene rings is 1. The maximum absolute atomic E-state index is 13.7. The van der Waals surface area contributed by atoms with Crippen LogP contribution in [0.5, 0.6) is 0 Å². The van der Waals surface area contributed by atoms with E-state index in [-0.39, 0.29) is 16.2 Å².